The van der Waals surface area contributed by atoms with E-state index >= 15 is 0 Å². The van der Waals surface area contributed by atoms with E-state index in [-0.39, 0.29) is 29.8 Å². The van der Waals surface area contributed by atoms with Gasteiger partial charge in [0.05, 0.1) is 22.5 Å². The van der Waals surface area contributed by atoms with Crippen LogP contribution >= 0.6 is 0 Å². The summed E-state index contributed by atoms with van der Waals surface area (Å²) in [6, 6.07) is 12.0. The Balaban J connectivity index is 1.61. The molecule has 1 heterocycles. The number of nitro benzene ring substituents is 1. The Hall–Kier alpha value is -3.42. The number of fused-ring (bicyclic) bond motifs is 2. The van der Waals surface area contributed by atoms with Crippen molar-refractivity contribution in [1.29, 1.82) is 0 Å². The first-order valence-corrected chi connectivity index (χ1v) is 9.07. The number of rotatable bonds is 4. The van der Waals surface area contributed by atoms with E-state index in [4.69, 9.17) is 4.42 Å². The lowest BCUT2D eigenvalue weighted by Crippen LogP contribution is -2.37. The van der Waals surface area contributed by atoms with Gasteiger partial charge in [-0.25, -0.2) is 4.79 Å². The van der Waals surface area contributed by atoms with Gasteiger partial charge in [0.2, 0.25) is 5.91 Å². The van der Waals surface area contributed by atoms with E-state index in [9.17, 15) is 19.7 Å². The van der Waals surface area contributed by atoms with Gasteiger partial charge in [0.15, 0.2) is 5.58 Å². The number of hydrogen-bond acceptors (Lipinski definition) is 5. The molecule has 0 bridgehead atoms. The van der Waals surface area contributed by atoms with Crippen molar-refractivity contribution in [3.63, 3.8) is 0 Å². The molecule has 0 saturated carbocycles. The molecule has 2 aromatic carbocycles. The van der Waals surface area contributed by atoms with Crippen LogP contribution in [-0.4, -0.2) is 27.3 Å². The normalized spacial score (nSPS) is 16.0. The molecule has 0 N–H and O–H groups in total. The Morgan fingerprint density at radius 1 is 1.32 bits per heavy atom. The number of carbonyl (C=O) groups is 1. The molecule has 8 nitrogen and oxygen atoms in total. The highest BCUT2D eigenvalue weighted by atomic mass is 16.6. The average Bonchev–Trinajstić information content (AvgIpc) is 3.01. The van der Waals surface area contributed by atoms with Gasteiger partial charge in [0.25, 0.3) is 5.69 Å². The van der Waals surface area contributed by atoms with E-state index in [2.05, 4.69) is 6.07 Å². The molecule has 0 saturated heterocycles. The van der Waals surface area contributed by atoms with Gasteiger partial charge >= 0.3 is 5.76 Å². The first-order chi connectivity index (χ1) is 13.5. The first kappa shape index (κ1) is 18.0. The fourth-order valence-electron chi connectivity index (χ4n) is 3.87. The number of benzene rings is 2. The van der Waals surface area contributed by atoms with E-state index in [0.717, 1.165) is 24.8 Å². The van der Waals surface area contributed by atoms with E-state index in [1.807, 2.05) is 18.2 Å². The number of aryl methyl sites for hydroxylation is 1. The van der Waals surface area contributed by atoms with Crippen LogP contribution in [0.4, 0.5) is 5.69 Å². The maximum Gasteiger partial charge on any atom is 0.420 e. The van der Waals surface area contributed by atoms with Crippen LogP contribution in [0.1, 0.15) is 30.0 Å². The Labute approximate surface area is 160 Å². The third kappa shape index (κ3) is 3.06. The minimum atomic E-state index is -0.707. The van der Waals surface area contributed by atoms with Gasteiger partial charge < -0.3 is 9.32 Å². The van der Waals surface area contributed by atoms with Crippen LogP contribution in [0.15, 0.2) is 51.7 Å². The number of oxazole rings is 1. The van der Waals surface area contributed by atoms with E-state index < -0.39 is 10.7 Å². The fraction of sp³-hybridized carbons (Fsp3) is 0.300. The van der Waals surface area contributed by atoms with Crippen molar-refractivity contribution in [1.82, 2.24) is 9.47 Å². The van der Waals surface area contributed by atoms with Gasteiger partial charge in [-0.2, -0.15) is 0 Å². The monoisotopic (exact) mass is 381 g/mol. The summed E-state index contributed by atoms with van der Waals surface area (Å²) in [6.45, 7) is -0.182. The van der Waals surface area contributed by atoms with Crippen molar-refractivity contribution in [2.24, 2.45) is 0 Å². The number of nitrogens with zero attached hydrogens (tertiary/aromatic N) is 3. The largest absolute Gasteiger partial charge is 0.420 e. The number of carbonyl (C=O) groups excluding carboxylic acids is 1. The topological polar surface area (TPSA) is 98.6 Å². The zero-order chi connectivity index (χ0) is 19.8. The van der Waals surface area contributed by atoms with Crippen LogP contribution in [0.3, 0.4) is 0 Å². The third-order valence-electron chi connectivity index (χ3n) is 5.35. The molecule has 1 aromatic heterocycles. The SMILES string of the molecule is CN(C(=O)Cn1c(=O)oc2cc([N+](=O)[O-])ccc21)C1CCCc2ccccc21. The quantitative estimate of drug-likeness (QED) is 0.511. The second kappa shape index (κ2) is 6.95. The molecular formula is C20H19N3O5. The zero-order valence-corrected chi connectivity index (χ0v) is 15.3. The molecule has 28 heavy (non-hydrogen) atoms. The number of amides is 1. The van der Waals surface area contributed by atoms with Gasteiger partial charge in [-0.05, 0) is 36.5 Å². The van der Waals surface area contributed by atoms with Crippen LogP contribution in [0.25, 0.3) is 11.1 Å². The third-order valence-corrected chi connectivity index (χ3v) is 5.35. The second-order valence-electron chi connectivity index (χ2n) is 6.97. The molecule has 8 heteroatoms. The molecule has 1 amide bonds. The Morgan fingerprint density at radius 3 is 2.89 bits per heavy atom. The number of hydrogen-bond donors (Lipinski definition) is 0. The minimum absolute atomic E-state index is 0.0348. The Bertz CT molecular complexity index is 1130. The molecule has 1 unspecified atom stereocenters. The summed E-state index contributed by atoms with van der Waals surface area (Å²) in [5.41, 5.74) is 2.68. The summed E-state index contributed by atoms with van der Waals surface area (Å²) in [5.74, 6) is -0.925. The summed E-state index contributed by atoms with van der Waals surface area (Å²) in [7, 11) is 1.74. The Morgan fingerprint density at radius 2 is 2.11 bits per heavy atom. The van der Waals surface area contributed by atoms with Gasteiger partial charge in [0, 0.05) is 13.1 Å². The van der Waals surface area contributed by atoms with Crippen LogP contribution in [0.5, 0.6) is 0 Å². The van der Waals surface area contributed by atoms with E-state index in [1.165, 1.54) is 28.3 Å². The highest BCUT2D eigenvalue weighted by Gasteiger charge is 2.27. The van der Waals surface area contributed by atoms with Crippen molar-refractivity contribution in [2.75, 3.05) is 7.05 Å². The maximum atomic E-state index is 12.9. The molecule has 0 fully saturated rings. The van der Waals surface area contributed by atoms with Crippen LogP contribution < -0.4 is 5.76 Å². The van der Waals surface area contributed by atoms with Crippen molar-refractivity contribution in [3.8, 4) is 0 Å². The van der Waals surface area contributed by atoms with E-state index in [0.29, 0.717) is 5.52 Å². The van der Waals surface area contributed by atoms with Crippen LogP contribution in [0, 0.1) is 10.1 Å². The molecule has 0 radical (unpaired) electrons. The lowest BCUT2D eigenvalue weighted by Gasteiger charge is -2.33. The number of non-ortho nitro benzene ring substituents is 1. The summed E-state index contributed by atoms with van der Waals surface area (Å²) < 4.78 is 6.32. The lowest BCUT2D eigenvalue weighted by molar-refractivity contribution is -0.384. The Kier molecular flexibility index (Phi) is 4.46. The molecule has 0 spiro atoms. The molecule has 144 valence electrons. The van der Waals surface area contributed by atoms with Gasteiger partial charge in [-0.3, -0.25) is 19.5 Å². The second-order valence-corrected chi connectivity index (χ2v) is 6.97. The predicted molar refractivity (Wildman–Crippen MR) is 102 cm³/mol. The molecule has 4 rings (SSSR count). The predicted octanol–water partition coefficient (Wildman–Crippen LogP) is 3.04. The van der Waals surface area contributed by atoms with Gasteiger partial charge in [0.1, 0.15) is 6.54 Å². The number of likely N-dealkylation sites (N-methyl/N-ethyl adjacent to an activating group) is 1. The highest BCUT2D eigenvalue weighted by Crippen LogP contribution is 2.33. The minimum Gasteiger partial charge on any atom is -0.407 e. The highest BCUT2D eigenvalue weighted by molar-refractivity contribution is 5.81. The zero-order valence-electron chi connectivity index (χ0n) is 15.3. The van der Waals surface area contributed by atoms with Gasteiger partial charge in [-0.15, -0.1) is 0 Å². The smallest absolute Gasteiger partial charge is 0.407 e. The molecular weight excluding hydrogens is 362 g/mol. The van der Waals surface area contributed by atoms with Crippen molar-refractivity contribution >= 4 is 22.7 Å². The molecule has 0 aliphatic heterocycles. The first-order valence-electron chi connectivity index (χ1n) is 9.07. The van der Waals surface area contributed by atoms with Crippen LogP contribution in [0.2, 0.25) is 0 Å². The summed E-state index contributed by atoms with van der Waals surface area (Å²) in [5, 5.41) is 10.9. The van der Waals surface area contributed by atoms with Crippen LogP contribution in [-0.2, 0) is 17.8 Å². The molecule has 1 aliphatic rings. The number of aromatic nitrogens is 1. The van der Waals surface area contributed by atoms with Crippen molar-refractivity contribution in [2.45, 2.75) is 31.8 Å². The molecule has 1 atom stereocenters. The summed E-state index contributed by atoms with van der Waals surface area (Å²) >= 11 is 0. The standard InChI is InChI=1S/C20H19N3O5/c1-21(16-8-4-6-13-5-2-3-7-15(13)16)19(24)12-22-17-10-9-14(23(26)27)11-18(17)28-20(22)25/h2-3,5,7,9-11,16H,4,6,8,12H2,1H3. The fourth-order valence-corrected chi connectivity index (χ4v) is 3.87. The van der Waals surface area contributed by atoms with Crippen molar-refractivity contribution in [3.05, 3.63) is 74.3 Å². The summed E-state index contributed by atoms with van der Waals surface area (Å²) in [4.78, 5) is 37.1. The maximum absolute atomic E-state index is 12.9. The van der Waals surface area contributed by atoms with E-state index in [1.54, 1.807) is 11.9 Å². The van der Waals surface area contributed by atoms with Gasteiger partial charge in [-0.1, -0.05) is 24.3 Å². The lowest BCUT2D eigenvalue weighted by atomic mass is 9.87. The number of nitro groups is 1. The van der Waals surface area contributed by atoms with Crippen molar-refractivity contribution < 1.29 is 14.1 Å². The molecule has 3 aromatic rings. The molecule has 1 aliphatic carbocycles. The summed E-state index contributed by atoms with van der Waals surface area (Å²) in [6.07, 6.45) is 2.86. The average molecular weight is 381 g/mol.